The topological polar surface area (TPSA) is 110 Å². The molecule has 1 aromatic carbocycles. The van der Waals surface area contributed by atoms with Gasteiger partial charge in [-0.1, -0.05) is 11.6 Å². The number of nitrogens with zero attached hydrogens (tertiary/aromatic N) is 1. The number of carboxylic acids is 1. The minimum Gasteiger partial charge on any atom is -0.480 e. The zero-order valence-electron chi connectivity index (χ0n) is 10.00. The van der Waals surface area contributed by atoms with Crippen molar-refractivity contribution in [1.29, 1.82) is 0 Å². The highest BCUT2D eigenvalue weighted by atomic mass is 35.5. The molecule has 0 fully saturated rings. The number of nitrogens with one attached hydrogen (secondary N) is 1. The minimum atomic E-state index is -1.33. The van der Waals surface area contributed by atoms with Crippen molar-refractivity contribution >= 4 is 29.2 Å². The Labute approximate surface area is 118 Å². The number of aliphatic carboxylic acids is 1. The summed E-state index contributed by atoms with van der Waals surface area (Å²) in [5.41, 5.74) is -0.803. The molecule has 1 amide bonds. The average molecular weight is 297 g/mol. The maximum atomic E-state index is 11.9. The van der Waals surface area contributed by atoms with E-state index in [1.54, 1.807) is 0 Å². The van der Waals surface area contributed by atoms with E-state index in [4.69, 9.17) is 23.1 Å². The molecule has 0 saturated heterocycles. The molecule has 0 aliphatic carbocycles. The Hall–Kier alpha value is -2.59. The molecule has 0 radical (unpaired) electrons. The Balaban J connectivity index is 3.06. The predicted octanol–water partition coefficient (Wildman–Crippen LogP) is 1.45. The van der Waals surface area contributed by atoms with E-state index in [-0.39, 0.29) is 17.0 Å². The van der Waals surface area contributed by atoms with Gasteiger partial charge in [0.25, 0.3) is 11.6 Å². The SMILES string of the molecule is C#CCC(NC(=O)c1ccc(Cl)cc1[N+](=O)[O-])C(=O)O. The first-order chi connectivity index (χ1) is 9.36. The number of carbonyl (C=O) groups excluding carboxylic acids is 1. The zero-order chi connectivity index (χ0) is 15.3. The van der Waals surface area contributed by atoms with Crippen molar-refractivity contribution < 1.29 is 19.6 Å². The molecule has 0 aromatic heterocycles. The maximum Gasteiger partial charge on any atom is 0.327 e. The highest BCUT2D eigenvalue weighted by Crippen LogP contribution is 2.23. The van der Waals surface area contributed by atoms with Gasteiger partial charge in [-0.05, 0) is 12.1 Å². The van der Waals surface area contributed by atoms with Crippen LogP contribution < -0.4 is 5.32 Å². The van der Waals surface area contributed by atoms with E-state index in [9.17, 15) is 19.7 Å². The first-order valence-corrected chi connectivity index (χ1v) is 5.65. The monoisotopic (exact) mass is 296 g/mol. The van der Waals surface area contributed by atoms with E-state index in [1.165, 1.54) is 6.07 Å². The number of carboxylic acid groups (broad SMARTS) is 1. The van der Waals surface area contributed by atoms with Crippen molar-refractivity contribution in [2.45, 2.75) is 12.5 Å². The quantitative estimate of drug-likeness (QED) is 0.485. The summed E-state index contributed by atoms with van der Waals surface area (Å²) in [5.74, 6) is -0.131. The number of nitro benzene ring substituents is 1. The zero-order valence-corrected chi connectivity index (χ0v) is 10.8. The Morgan fingerprint density at radius 3 is 2.70 bits per heavy atom. The molecule has 104 valence electrons. The normalized spacial score (nSPS) is 11.2. The van der Waals surface area contributed by atoms with Crippen LogP contribution in [-0.2, 0) is 4.79 Å². The van der Waals surface area contributed by atoms with Gasteiger partial charge in [0.15, 0.2) is 0 Å². The van der Waals surface area contributed by atoms with Crippen molar-refractivity contribution in [2.75, 3.05) is 0 Å². The number of hydrogen-bond acceptors (Lipinski definition) is 4. The number of benzene rings is 1. The molecule has 1 rings (SSSR count). The number of halogens is 1. The second-order valence-corrected chi connectivity index (χ2v) is 4.13. The van der Waals surface area contributed by atoms with Crippen LogP contribution in [-0.4, -0.2) is 27.9 Å². The highest BCUT2D eigenvalue weighted by molar-refractivity contribution is 6.31. The van der Waals surface area contributed by atoms with Crippen molar-refractivity contribution in [1.82, 2.24) is 5.32 Å². The van der Waals surface area contributed by atoms with E-state index in [1.807, 2.05) is 0 Å². The molecule has 0 bridgehead atoms. The third kappa shape index (κ3) is 3.70. The fourth-order valence-corrected chi connectivity index (χ4v) is 1.57. The summed E-state index contributed by atoms with van der Waals surface area (Å²) < 4.78 is 0. The Morgan fingerprint density at radius 1 is 1.55 bits per heavy atom. The summed E-state index contributed by atoms with van der Waals surface area (Å²) in [6.07, 6.45) is 4.76. The summed E-state index contributed by atoms with van der Waals surface area (Å²) in [5, 5.41) is 21.9. The van der Waals surface area contributed by atoms with Gasteiger partial charge in [0.05, 0.1) is 4.92 Å². The van der Waals surface area contributed by atoms with Gasteiger partial charge >= 0.3 is 5.97 Å². The van der Waals surface area contributed by atoms with Crippen LogP contribution in [0, 0.1) is 22.5 Å². The molecule has 8 heteroatoms. The molecule has 0 heterocycles. The van der Waals surface area contributed by atoms with E-state index < -0.39 is 28.5 Å². The average Bonchev–Trinajstić information content (AvgIpc) is 2.37. The van der Waals surface area contributed by atoms with Gasteiger partial charge in [-0.2, -0.15) is 0 Å². The maximum absolute atomic E-state index is 11.9. The van der Waals surface area contributed by atoms with Crippen molar-refractivity contribution in [3.05, 3.63) is 38.9 Å². The number of hydrogen-bond donors (Lipinski definition) is 2. The molecule has 1 atom stereocenters. The molecule has 7 nitrogen and oxygen atoms in total. The van der Waals surface area contributed by atoms with Crippen LogP contribution in [0.3, 0.4) is 0 Å². The number of terminal acetylenes is 1. The van der Waals surface area contributed by atoms with Crippen LogP contribution in [0.4, 0.5) is 5.69 Å². The van der Waals surface area contributed by atoms with E-state index in [0.29, 0.717) is 0 Å². The Kier molecular flexibility index (Phi) is 5.06. The first kappa shape index (κ1) is 15.5. The molecule has 0 aliphatic heterocycles. The lowest BCUT2D eigenvalue weighted by molar-refractivity contribution is -0.385. The number of rotatable bonds is 5. The smallest absolute Gasteiger partial charge is 0.327 e. The van der Waals surface area contributed by atoms with Crippen LogP contribution >= 0.6 is 11.6 Å². The fraction of sp³-hybridized carbons (Fsp3) is 0.167. The van der Waals surface area contributed by atoms with Gasteiger partial charge in [0, 0.05) is 17.5 Å². The first-order valence-electron chi connectivity index (χ1n) is 5.28. The Morgan fingerprint density at radius 2 is 2.20 bits per heavy atom. The number of nitro groups is 1. The van der Waals surface area contributed by atoms with E-state index >= 15 is 0 Å². The molecule has 1 aromatic rings. The molecule has 1 unspecified atom stereocenters. The second-order valence-electron chi connectivity index (χ2n) is 3.69. The third-order valence-corrected chi connectivity index (χ3v) is 2.56. The summed E-state index contributed by atoms with van der Waals surface area (Å²) in [7, 11) is 0. The van der Waals surface area contributed by atoms with Crippen LogP contribution in [0.1, 0.15) is 16.8 Å². The fourth-order valence-electron chi connectivity index (χ4n) is 1.40. The lowest BCUT2D eigenvalue weighted by atomic mass is 10.1. The van der Waals surface area contributed by atoms with Crippen LogP contribution in [0.5, 0.6) is 0 Å². The second kappa shape index (κ2) is 6.54. The molecular formula is C12H9ClN2O5. The molecule has 0 aliphatic rings. The molecule has 2 N–H and O–H groups in total. The van der Waals surface area contributed by atoms with Gasteiger partial charge in [-0.25, -0.2) is 4.79 Å². The van der Waals surface area contributed by atoms with Crippen molar-refractivity contribution in [3.63, 3.8) is 0 Å². The van der Waals surface area contributed by atoms with Gasteiger partial charge < -0.3 is 10.4 Å². The lowest BCUT2D eigenvalue weighted by Gasteiger charge is -2.11. The van der Waals surface area contributed by atoms with Gasteiger partial charge in [0.1, 0.15) is 11.6 Å². The van der Waals surface area contributed by atoms with Gasteiger partial charge in [0.2, 0.25) is 0 Å². The van der Waals surface area contributed by atoms with Gasteiger partial charge in [-0.3, -0.25) is 14.9 Å². The summed E-state index contributed by atoms with van der Waals surface area (Å²) in [4.78, 5) is 32.8. The number of amides is 1. The van der Waals surface area contributed by atoms with E-state index in [0.717, 1.165) is 12.1 Å². The largest absolute Gasteiger partial charge is 0.480 e. The van der Waals surface area contributed by atoms with Crippen LogP contribution in [0.15, 0.2) is 18.2 Å². The van der Waals surface area contributed by atoms with Crippen molar-refractivity contribution in [2.24, 2.45) is 0 Å². The summed E-state index contributed by atoms with van der Waals surface area (Å²) in [6, 6.07) is 2.13. The molecular weight excluding hydrogens is 288 g/mol. The standard InChI is InChI=1S/C12H9ClN2O5/c1-2-3-9(12(17)18)14-11(16)8-5-4-7(13)6-10(8)15(19)20/h1,4-6,9H,3H2,(H,14,16)(H,17,18). The summed E-state index contributed by atoms with van der Waals surface area (Å²) >= 11 is 5.61. The van der Waals surface area contributed by atoms with Gasteiger partial charge in [-0.15, -0.1) is 12.3 Å². The van der Waals surface area contributed by atoms with E-state index in [2.05, 4.69) is 11.2 Å². The molecule has 0 saturated carbocycles. The minimum absolute atomic E-state index is 0.0895. The number of carbonyl (C=O) groups is 2. The molecule has 20 heavy (non-hydrogen) atoms. The van der Waals surface area contributed by atoms with Crippen LogP contribution in [0.2, 0.25) is 5.02 Å². The third-order valence-electron chi connectivity index (χ3n) is 2.33. The lowest BCUT2D eigenvalue weighted by Crippen LogP contribution is -2.40. The summed E-state index contributed by atoms with van der Waals surface area (Å²) in [6.45, 7) is 0. The Bertz CT molecular complexity index is 608. The van der Waals surface area contributed by atoms with Crippen LogP contribution in [0.25, 0.3) is 0 Å². The van der Waals surface area contributed by atoms with Crippen molar-refractivity contribution in [3.8, 4) is 12.3 Å². The predicted molar refractivity (Wildman–Crippen MR) is 70.4 cm³/mol. The highest BCUT2D eigenvalue weighted by Gasteiger charge is 2.25. The molecule has 0 spiro atoms.